The third-order valence-corrected chi connectivity index (χ3v) is 6.05. The van der Waals surface area contributed by atoms with E-state index in [1.165, 1.54) is 0 Å². The summed E-state index contributed by atoms with van der Waals surface area (Å²) in [5.41, 5.74) is 2.92. The maximum absolute atomic E-state index is 12.7. The summed E-state index contributed by atoms with van der Waals surface area (Å²) < 4.78 is 12.1. The molecule has 156 valence electrons. The van der Waals surface area contributed by atoms with E-state index in [0.29, 0.717) is 12.5 Å². The van der Waals surface area contributed by atoms with Gasteiger partial charge in [-0.05, 0) is 49.6 Å². The van der Waals surface area contributed by atoms with Crippen LogP contribution in [-0.2, 0) is 9.53 Å². The molecule has 6 heteroatoms. The van der Waals surface area contributed by atoms with Gasteiger partial charge in [0.05, 0.1) is 25.3 Å². The fraction of sp³-hybridized carbons (Fsp3) is 0.333. The van der Waals surface area contributed by atoms with Crippen LogP contribution < -0.4 is 4.74 Å². The maximum Gasteiger partial charge on any atom is 0.323 e. The molecule has 0 aliphatic carbocycles. The van der Waals surface area contributed by atoms with Crippen LogP contribution in [-0.4, -0.2) is 42.2 Å². The van der Waals surface area contributed by atoms with Gasteiger partial charge in [-0.25, -0.2) is 4.98 Å². The number of nitrogens with zero attached hydrogens (tertiary/aromatic N) is 2. The number of carbonyl (C=O) groups is 1. The molecule has 5 nitrogen and oxygen atoms in total. The van der Waals surface area contributed by atoms with Crippen LogP contribution in [0.25, 0.3) is 10.9 Å². The third-order valence-electron chi connectivity index (χ3n) is 5.56. The molecule has 1 fully saturated rings. The number of pyridine rings is 1. The Bertz CT molecular complexity index is 1040. The molecule has 1 aliphatic rings. The van der Waals surface area contributed by atoms with Crippen molar-refractivity contribution in [1.82, 2.24) is 9.88 Å². The van der Waals surface area contributed by atoms with Gasteiger partial charge in [-0.3, -0.25) is 9.69 Å². The molecule has 30 heavy (non-hydrogen) atoms. The number of esters is 1. The van der Waals surface area contributed by atoms with Gasteiger partial charge in [-0.15, -0.1) is 0 Å². The van der Waals surface area contributed by atoms with Crippen LogP contribution in [0.1, 0.15) is 36.9 Å². The molecule has 1 aromatic heterocycles. The molecular weight excluding hydrogens is 444 g/mol. The molecule has 3 aromatic rings. The number of aromatic nitrogens is 1. The smallest absolute Gasteiger partial charge is 0.323 e. The van der Waals surface area contributed by atoms with Gasteiger partial charge < -0.3 is 9.47 Å². The van der Waals surface area contributed by atoms with Crippen LogP contribution in [0.5, 0.6) is 5.88 Å². The summed E-state index contributed by atoms with van der Waals surface area (Å²) in [5, 5.41) is 1.02. The molecule has 2 heterocycles. The van der Waals surface area contributed by atoms with Crippen molar-refractivity contribution in [2.24, 2.45) is 0 Å². The van der Waals surface area contributed by atoms with Crippen molar-refractivity contribution in [2.75, 3.05) is 20.3 Å². The first kappa shape index (κ1) is 20.8. The van der Waals surface area contributed by atoms with Crippen molar-refractivity contribution in [2.45, 2.75) is 31.8 Å². The second-order valence-electron chi connectivity index (χ2n) is 7.39. The number of likely N-dealkylation sites (tertiary alicyclic amines) is 1. The summed E-state index contributed by atoms with van der Waals surface area (Å²) in [6, 6.07) is 17.9. The van der Waals surface area contributed by atoms with Gasteiger partial charge in [-0.2, -0.15) is 0 Å². The van der Waals surface area contributed by atoms with Gasteiger partial charge in [0, 0.05) is 22.0 Å². The normalized spacial score (nSPS) is 17.8. The predicted molar refractivity (Wildman–Crippen MR) is 121 cm³/mol. The van der Waals surface area contributed by atoms with Crippen molar-refractivity contribution in [3.8, 4) is 5.88 Å². The van der Waals surface area contributed by atoms with E-state index >= 15 is 0 Å². The summed E-state index contributed by atoms with van der Waals surface area (Å²) >= 11 is 3.56. The summed E-state index contributed by atoms with van der Waals surface area (Å²) in [4.78, 5) is 19.7. The number of methoxy groups -OCH3 is 1. The molecule has 0 radical (unpaired) electrons. The first-order valence-corrected chi connectivity index (χ1v) is 11.0. The number of hydrogen-bond donors (Lipinski definition) is 0. The Morgan fingerprint density at radius 1 is 1.23 bits per heavy atom. The fourth-order valence-corrected chi connectivity index (χ4v) is 4.66. The Morgan fingerprint density at radius 2 is 2.03 bits per heavy atom. The van der Waals surface area contributed by atoms with Gasteiger partial charge >= 0.3 is 5.97 Å². The number of halogens is 1. The van der Waals surface area contributed by atoms with Gasteiger partial charge in [0.1, 0.15) is 6.04 Å². The first-order chi connectivity index (χ1) is 14.6. The highest BCUT2D eigenvalue weighted by Gasteiger charge is 2.39. The van der Waals surface area contributed by atoms with Crippen LogP contribution in [0.2, 0.25) is 0 Å². The molecule has 0 spiro atoms. The molecule has 0 saturated carbocycles. The monoisotopic (exact) mass is 468 g/mol. The van der Waals surface area contributed by atoms with Crippen LogP contribution in [0.15, 0.2) is 59.1 Å². The van der Waals surface area contributed by atoms with Crippen LogP contribution in [0.4, 0.5) is 0 Å². The standard InChI is InChI=1S/C24H25BrN2O3/c1-3-30-24(28)21-10-7-13-27(21)22(16-8-5-4-6-9-16)19-15-17-14-18(25)11-12-20(17)26-23(19)29-2/h4-6,8-9,11-12,14-15,21-22H,3,7,10,13H2,1-2H3. The van der Waals surface area contributed by atoms with E-state index in [1.54, 1.807) is 7.11 Å². The Kier molecular flexibility index (Phi) is 6.35. The number of carbonyl (C=O) groups excluding carboxylic acids is 1. The Labute approximate surface area is 185 Å². The average Bonchev–Trinajstić information content (AvgIpc) is 3.24. The number of fused-ring (bicyclic) bond motifs is 1. The van der Waals surface area contributed by atoms with E-state index in [-0.39, 0.29) is 18.1 Å². The number of hydrogen-bond acceptors (Lipinski definition) is 5. The van der Waals surface area contributed by atoms with Crippen molar-refractivity contribution < 1.29 is 14.3 Å². The van der Waals surface area contributed by atoms with Crippen molar-refractivity contribution >= 4 is 32.8 Å². The number of rotatable bonds is 6. The minimum atomic E-state index is -0.280. The Hall–Kier alpha value is -2.44. The van der Waals surface area contributed by atoms with Gasteiger partial charge in [0.2, 0.25) is 5.88 Å². The molecule has 0 amide bonds. The lowest BCUT2D eigenvalue weighted by Crippen LogP contribution is -2.40. The molecule has 0 bridgehead atoms. The van der Waals surface area contributed by atoms with Gasteiger partial charge in [-0.1, -0.05) is 46.3 Å². The quantitative estimate of drug-likeness (QED) is 0.469. The minimum Gasteiger partial charge on any atom is -0.481 e. The van der Waals surface area contributed by atoms with Crippen molar-refractivity contribution in [3.05, 3.63) is 70.2 Å². The van der Waals surface area contributed by atoms with Crippen molar-refractivity contribution in [1.29, 1.82) is 0 Å². The lowest BCUT2D eigenvalue weighted by molar-refractivity contribution is -0.149. The molecule has 2 unspecified atom stereocenters. The van der Waals surface area contributed by atoms with Crippen LogP contribution >= 0.6 is 15.9 Å². The van der Waals surface area contributed by atoms with Gasteiger partial charge in [0.15, 0.2) is 0 Å². The van der Waals surface area contributed by atoms with E-state index in [4.69, 9.17) is 14.5 Å². The zero-order valence-corrected chi connectivity index (χ0v) is 18.8. The second kappa shape index (κ2) is 9.14. The lowest BCUT2D eigenvalue weighted by atomic mass is 9.95. The number of ether oxygens (including phenoxy) is 2. The predicted octanol–water partition coefficient (Wildman–Crippen LogP) is 5.12. The second-order valence-corrected chi connectivity index (χ2v) is 8.30. The highest BCUT2D eigenvalue weighted by molar-refractivity contribution is 9.10. The highest BCUT2D eigenvalue weighted by Crippen LogP contribution is 2.40. The molecule has 1 saturated heterocycles. The summed E-state index contributed by atoms with van der Waals surface area (Å²) in [7, 11) is 1.64. The largest absolute Gasteiger partial charge is 0.481 e. The fourth-order valence-electron chi connectivity index (χ4n) is 4.28. The van der Waals surface area contributed by atoms with Crippen LogP contribution in [0, 0.1) is 0 Å². The first-order valence-electron chi connectivity index (χ1n) is 10.2. The van der Waals surface area contributed by atoms with Crippen LogP contribution in [0.3, 0.4) is 0 Å². The molecule has 1 aliphatic heterocycles. The summed E-state index contributed by atoms with van der Waals surface area (Å²) in [6.07, 6.45) is 1.73. The SMILES string of the molecule is CCOC(=O)C1CCCN1C(c1ccccc1)c1cc2cc(Br)ccc2nc1OC. The van der Waals surface area contributed by atoms with E-state index in [1.807, 2.05) is 37.3 Å². The Morgan fingerprint density at radius 3 is 2.77 bits per heavy atom. The maximum atomic E-state index is 12.7. The summed E-state index contributed by atoms with van der Waals surface area (Å²) in [5.74, 6) is 0.416. The molecular formula is C24H25BrN2O3. The Balaban J connectivity index is 1.87. The lowest BCUT2D eigenvalue weighted by Gasteiger charge is -2.33. The minimum absolute atomic E-state index is 0.158. The van der Waals surface area contributed by atoms with E-state index < -0.39 is 0 Å². The summed E-state index contributed by atoms with van der Waals surface area (Å²) in [6.45, 7) is 3.04. The van der Waals surface area contributed by atoms with E-state index in [2.05, 4.69) is 45.1 Å². The average molecular weight is 469 g/mol. The zero-order valence-electron chi connectivity index (χ0n) is 17.2. The van der Waals surface area contributed by atoms with E-state index in [0.717, 1.165) is 45.9 Å². The zero-order chi connectivity index (χ0) is 21.1. The highest BCUT2D eigenvalue weighted by atomic mass is 79.9. The van der Waals surface area contributed by atoms with E-state index in [9.17, 15) is 4.79 Å². The molecule has 2 atom stereocenters. The molecule has 4 rings (SSSR count). The van der Waals surface area contributed by atoms with Gasteiger partial charge in [0.25, 0.3) is 0 Å². The molecule has 2 aromatic carbocycles. The molecule has 0 N–H and O–H groups in total. The van der Waals surface area contributed by atoms with Crippen molar-refractivity contribution in [3.63, 3.8) is 0 Å². The topological polar surface area (TPSA) is 51.7 Å². The third kappa shape index (κ3) is 4.07. The number of benzene rings is 2.